The molecule has 4 rings (SSSR count). The van der Waals surface area contributed by atoms with Crippen LogP contribution in [0.1, 0.15) is 17.7 Å². The number of methoxy groups -OCH3 is 1. The fraction of sp³-hybridized carbons (Fsp3) is 0.318. The van der Waals surface area contributed by atoms with Crippen molar-refractivity contribution in [1.29, 1.82) is 0 Å². The minimum atomic E-state index is -0.305. The third kappa shape index (κ3) is 4.03. The summed E-state index contributed by atoms with van der Waals surface area (Å²) in [6.45, 7) is 3.39. The number of H-pyrrole nitrogens is 1. The molecule has 0 spiro atoms. The molecule has 0 radical (unpaired) electrons. The second kappa shape index (κ2) is 7.95. The van der Waals surface area contributed by atoms with Crippen LogP contribution in [0.5, 0.6) is 5.75 Å². The molecule has 3 aromatic rings. The van der Waals surface area contributed by atoms with Gasteiger partial charge in [0.25, 0.3) is 0 Å². The molecule has 0 bridgehead atoms. The zero-order valence-electron chi connectivity index (χ0n) is 16.4. The summed E-state index contributed by atoms with van der Waals surface area (Å²) in [4.78, 5) is 18.1. The number of aryl methyl sites for hydroxylation is 1. The summed E-state index contributed by atoms with van der Waals surface area (Å²) >= 11 is 6.14. The first-order valence-corrected chi connectivity index (χ1v) is 9.97. The highest BCUT2D eigenvalue weighted by Gasteiger charge is 2.26. The Labute approximate surface area is 173 Å². The maximum absolute atomic E-state index is 13.6. The van der Waals surface area contributed by atoms with E-state index >= 15 is 0 Å². The quantitative estimate of drug-likeness (QED) is 0.656. The first-order valence-electron chi connectivity index (χ1n) is 9.59. The molecule has 7 heteroatoms. The van der Waals surface area contributed by atoms with Gasteiger partial charge in [0.05, 0.1) is 19.2 Å². The van der Waals surface area contributed by atoms with Crippen molar-refractivity contribution in [2.45, 2.75) is 25.8 Å². The Kier molecular flexibility index (Phi) is 5.37. The van der Waals surface area contributed by atoms with Crippen LogP contribution >= 0.6 is 11.6 Å². The molecule has 152 valence electrons. The van der Waals surface area contributed by atoms with E-state index in [4.69, 9.17) is 16.3 Å². The number of fused-ring (bicyclic) bond motifs is 1. The lowest BCUT2D eigenvalue weighted by Crippen LogP contribution is -2.38. The van der Waals surface area contributed by atoms with Crippen LogP contribution in [-0.4, -0.2) is 37.1 Å². The average Bonchev–Trinajstić information content (AvgIpc) is 3.26. The summed E-state index contributed by atoms with van der Waals surface area (Å²) in [7, 11) is 1.63. The summed E-state index contributed by atoms with van der Waals surface area (Å²) in [6, 6.07) is 10.2. The number of carbonyl (C=O) groups excluding carboxylic acids is 1. The Morgan fingerprint density at radius 1 is 1.34 bits per heavy atom. The van der Waals surface area contributed by atoms with Gasteiger partial charge in [-0.05, 0) is 55.3 Å². The maximum atomic E-state index is 13.6. The number of hydrogen-bond donors (Lipinski definition) is 2. The number of ether oxygens (including phenoxy) is 1. The van der Waals surface area contributed by atoms with Crippen LogP contribution in [0, 0.1) is 12.7 Å². The minimum Gasteiger partial charge on any atom is -0.495 e. The Morgan fingerprint density at radius 3 is 2.97 bits per heavy atom. The largest absolute Gasteiger partial charge is 0.495 e. The van der Waals surface area contributed by atoms with Crippen molar-refractivity contribution in [3.8, 4) is 5.75 Å². The van der Waals surface area contributed by atoms with E-state index in [0.29, 0.717) is 11.6 Å². The molecule has 1 aliphatic heterocycles. The van der Waals surface area contributed by atoms with Crippen LogP contribution in [0.4, 0.5) is 10.1 Å². The van der Waals surface area contributed by atoms with Crippen molar-refractivity contribution in [2.24, 2.45) is 0 Å². The highest BCUT2D eigenvalue weighted by Crippen LogP contribution is 2.33. The maximum Gasteiger partial charge on any atom is 0.224 e. The number of aromatic amines is 1. The Hall–Kier alpha value is -2.73. The van der Waals surface area contributed by atoms with Crippen molar-refractivity contribution in [3.05, 3.63) is 58.5 Å². The fourth-order valence-corrected chi connectivity index (χ4v) is 4.20. The smallest absolute Gasteiger partial charge is 0.224 e. The van der Waals surface area contributed by atoms with E-state index in [-0.39, 0.29) is 24.2 Å². The molecule has 1 fully saturated rings. The molecule has 0 saturated carbocycles. The molecular formula is C22H23ClFN3O2. The Balaban J connectivity index is 1.44. The second-order valence-corrected chi connectivity index (χ2v) is 7.85. The number of anilines is 1. The lowest BCUT2D eigenvalue weighted by Gasteiger charge is -2.21. The standard InChI is InChI=1S/C22H23ClFN3O2/c1-13-17(18-10-15(24)4-5-19(18)25-13)11-22(28)26-16-7-8-27(12-16)20-9-14(23)3-6-21(20)29-2/h3-6,9-10,16,25H,7-8,11-12H2,1-2H3,(H,26,28). The molecule has 29 heavy (non-hydrogen) atoms. The summed E-state index contributed by atoms with van der Waals surface area (Å²) in [5, 5.41) is 4.52. The predicted octanol–water partition coefficient (Wildman–Crippen LogP) is 4.22. The Morgan fingerprint density at radius 2 is 2.17 bits per heavy atom. The van der Waals surface area contributed by atoms with E-state index in [9.17, 15) is 9.18 Å². The van der Waals surface area contributed by atoms with Crippen LogP contribution in [0.25, 0.3) is 10.9 Å². The van der Waals surface area contributed by atoms with Gasteiger partial charge in [0, 0.05) is 40.8 Å². The first-order chi connectivity index (χ1) is 13.9. The number of halogens is 2. The summed E-state index contributed by atoms with van der Waals surface area (Å²) in [6.07, 6.45) is 1.05. The molecular weight excluding hydrogens is 393 g/mol. The second-order valence-electron chi connectivity index (χ2n) is 7.41. The molecule has 0 aliphatic carbocycles. The zero-order chi connectivity index (χ0) is 20.5. The van der Waals surface area contributed by atoms with Crippen molar-refractivity contribution >= 4 is 34.1 Å². The number of carbonyl (C=O) groups is 1. The zero-order valence-corrected chi connectivity index (χ0v) is 17.1. The van der Waals surface area contributed by atoms with Gasteiger partial charge in [0.1, 0.15) is 11.6 Å². The van der Waals surface area contributed by atoms with E-state index < -0.39 is 0 Å². The predicted molar refractivity (Wildman–Crippen MR) is 113 cm³/mol. The summed E-state index contributed by atoms with van der Waals surface area (Å²) in [5.74, 6) is 0.390. The number of aromatic nitrogens is 1. The molecule has 2 N–H and O–H groups in total. The highest BCUT2D eigenvalue weighted by molar-refractivity contribution is 6.30. The van der Waals surface area contributed by atoms with Crippen molar-refractivity contribution in [2.75, 3.05) is 25.1 Å². The molecule has 1 aromatic heterocycles. The minimum absolute atomic E-state index is 0.0356. The number of amides is 1. The molecule has 1 atom stereocenters. The molecule has 1 amide bonds. The SMILES string of the molecule is COc1ccc(Cl)cc1N1CCC(NC(=O)Cc2c(C)[nH]c3ccc(F)cc23)C1. The van der Waals surface area contributed by atoms with E-state index in [0.717, 1.165) is 46.6 Å². The number of hydrogen-bond acceptors (Lipinski definition) is 3. The van der Waals surface area contributed by atoms with Gasteiger partial charge in [-0.3, -0.25) is 4.79 Å². The Bertz CT molecular complexity index is 1070. The number of rotatable bonds is 5. The molecule has 1 unspecified atom stereocenters. The summed E-state index contributed by atoms with van der Waals surface area (Å²) in [5.41, 5.74) is 3.49. The van der Waals surface area contributed by atoms with E-state index in [1.165, 1.54) is 12.1 Å². The molecule has 1 aliphatic rings. The van der Waals surface area contributed by atoms with Gasteiger partial charge in [-0.2, -0.15) is 0 Å². The topological polar surface area (TPSA) is 57.4 Å². The fourth-order valence-electron chi connectivity index (χ4n) is 4.03. The van der Waals surface area contributed by atoms with Gasteiger partial charge in [-0.15, -0.1) is 0 Å². The first kappa shape index (κ1) is 19.6. The summed E-state index contributed by atoms with van der Waals surface area (Å²) < 4.78 is 19.1. The van der Waals surface area contributed by atoms with E-state index in [2.05, 4.69) is 15.2 Å². The van der Waals surface area contributed by atoms with Crippen LogP contribution in [0.15, 0.2) is 36.4 Å². The third-order valence-corrected chi connectivity index (χ3v) is 5.69. The van der Waals surface area contributed by atoms with Gasteiger partial charge in [-0.1, -0.05) is 11.6 Å². The third-order valence-electron chi connectivity index (χ3n) is 5.45. The van der Waals surface area contributed by atoms with Gasteiger partial charge in [-0.25, -0.2) is 4.39 Å². The van der Waals surface area contributed by atoms with Gasteiger partial charge < -0.3 is 19.9 Å². The van der Waals surface area contributed by atoms with Crippen LogP contribution in [-0.2, 0) is 11.2 Å². The number of nitrogens with one attached hydrogen (secondary N) is 2. The van der Waals surface area contributed by atoms with Crippen molar-refractivity contribution in [1.82, 2.24) is 10.3 Å². The molecule has 2 aromatic carbocycles. The van der Waals surface area contributed by atoms with E-state index in [1.54, 1.807) is 19.2 Å². The molecule has 2 heterocycles. The average molecular weight is 416 g/mol. The van der Waals surface area contributed by atoms with Crippen LogP contribution < -0.4 is 15.0 Å². The van der Waals surface area contributed by atoms with Crippen molar-refractivity contribution in [3.63, 3.8) is 0 Å². The number of benzene rings is 2. The molecule has 1 saturated heterocycles. The van der Waals surface area contributed by atoms with Gasteiger partial charge >= 0.3 is 0 Å². The normalized spacial score (nSPS) is 16.4. The number of nitrogens with zero attached hydrogens (tertiary/aromatic N) is 1. The van der Waals surface area contributed by atoms with Crippen LogP contribution in [0.3, 0.4) is 0 Å². The van der Waals surface area contributed by atoms with Crippen molar-refractivity contribution < 1.29 is 13.9 Å². The lowest BCUT2D eigenvalue weighted by molar-refractivity contribution is -0.121. The van der Waals surface area contributed by atoms with E-state index in [1.807, 2.05) is 19.1 Å². The monoisotopic (exact) mass is 415 g/mol. The van der Waals surface area contributed by atoms with Gasteiger partial charge in [0.2, 0.25) is 5.91 Å². The highest BCUT2D eigenvalue weighted by atomic mass is 35.5. The molecule has 5 nitrogen and oxygen atoms in total. The lowest BCUT2D eigenvalue weighted by atomic mass is 10.1. The van der Waals surface area contributed by atoms with Crippen LogP contribution in [0.2, 0.25) is 5.02 Å². The van der Waals surface area contributed by atoms with Gasteiger partial charge in [0.15, 0.2) is 0 Å².